The maximum Gasteiger partial charge on any atom is 0.270 e. The van der Waals surface area contributed by atoms with Crippen molar-refractivity contribution in [2.45, 2.75) is 11.8 Å². The minimum Gasteiger partial charge on any atom is -0.352 e. The molecule has 1 aromatic carbocycles. The van der Waals surface area contributed by atoms with Gasteiger partial charge in [0.25, 0.3) is 5.69 Å². The summed E-state index contributed by atoms with van der Waals surface area (Å²) in [5, 5.41) is 18.8. The molecule has 0 radical (unpaired) electrons. The third-order valence-electron chi connectivity index (χ3n) is 4.12. The van der Waals surface area contributed by atoms with Gasteiger partial charge < -0.3 is 4.90 Å². The number of hydrogen-bond donors (Lipinski definition) is 0. The Hall–Kier alpha value is -2.59. The lowest BCUT2D eigenvalue weighted by atomic mass is 10.2. The summed E-state index contributed by atoms with van der Waals surface area (Å²) < 4.78 is 27.1. The Kier molecular flexibility index (Phi) is 4.64. The Morgan fingerprint density at radius 2 is 1.88 bits per heavy atom. The number of rotatable bonds is 4. The van der Waals surface area contributed by atoms with Gasteiger partial charge >= 0.3 is 0 Å². The summed E-state index contributed by atoms with van der Waals surface area (Å²) in [4.78, 5) is 12.3. The summed E-state index contributed by atoms with van der Waals surface area (Å²) >= 11 is 0. The SMILES string of the molecule is Cc1ccc([N+](=O)[O-])cc1S(=O)(=O)N1CCN(c2cccnn2)CC1. The van der Waals surface area contributed by atoms with Crippen LogP contribution in [0.4, 0.5) is 11.5 Å². The molecule has 0 bridgehead atoms. The van der Waals surface area contributed by atoms with E-state index in [1.807, 2.05) is 11.0 Å². The van der Waals surface area contributed by atoms with Gasteiger partial charge in [-0.1, -0.05) is 6.07 Å². The molecule has 2 aromatic rings. The van der Waals surface area contributed by atoms with Gasteiger partial charge in [-0.05, 0) is 24.6 Å². The van der Waals surface area contributed by atoms with E-state index in [1.165, 1.54) is 16.4 Å². The van der Waals surface area contributed by atoms with Gasteiger partial charge in [0, 0.05) is 44.5 Å². The van der Waals surface area contributed by atoms with E-state index in [0.717, 1.165) is 6.07 Å². The summed E-state index contributed by atoms with van der Waals surface area (Å²) in [6.45, 7) is 3.15. The van der Waals surface area contributed by atoms with Crippen molar-refractivity contribution in [1.29, 1.82) is 0 Å². The van der Waals surface area contributed by atoms with E-state index >= 15 is 0 Å². The molecule has 10 heteroatoms. The number of nitro benzene ring substituents is 1. The third-order valence-corrected chi connectivity index (χ3v) is 6.16. The van der Waals surface area contributed by atoms with Crippen LogP contribution in [0.2, 0.25) is 0 Å². The van der Waals surface area contributed by atoms with Crippen molar-refractivity contribution in [1.82, 2.24) is 14.5 Å². The van der Waals surface area contributed by atoms with E-state index in [1.54, 1.807) is 19.2 Å². The van der Waals surface area contributed by atoms with Gasteiger partial charge in [0.15, 0.2) is 5.82 Å². The van der Waals surface area contributed by atoms with Crippen LogP contribution >= 0.6 is 0 Å². The normalized spacial score (nSPS) is 16.0. The van der Waals surface area contributed by atoms with Crippen LogP contribution < -0.4 is 4.90 Å². The van der Waals surface area contributed by atoms with Crippen LogP contribution in [0.15, 0.2) is 41.4 Å². The molecule has 0 unspecified atom stereocenters. The fourth-order valence-corrected chi connectivity index (χ4v) is 4.41. The second-order valence-corrected chi connectivity index (χ2v) is 7.59. The monoisotopic (exact) mass is 363 g/mol. The van der Waals surface area contributed by atoms with Crippen LogP contribution in [0.1, 0.15) is 5.56 Å². The lowest BCUT2D eigenvalue weighted by molar-refractivity contribution is -0.385. The first-order chi connectivity index (χ1) is 11.9. The van der Waals surface area contributed by atoms with Gasteiger partial charge in [0.1, 0.15) is 0 Å². The second kappa shape index (κ2) is 6.73. The molecule has 1 fully saturated rings. The average molecular weight is 363 g/mol. The molecule has 1 aliphatic rings. The number of sulfonamides is 1. The minimum atomic E-state index is -3.79. The summed E-state index contributed by atoms with van der Waals surface area (Å²) in [6, 6.07) is 7.49. The van der Waals surface area contributed by atoms with Crippen molar-refractivity contribution in [2.75, 3.05) is 31.1 Å². The van der Waals surface area contributed by atoms with E-state index in [4.69, 9.17) is 0 Å². The van der Waals surface area contributed by atoms with Crippen molar-refractivity contribution in [3.05, 3.63) is 52.2 Å². The van der Waals surface area contributed by atoms with Gasteiger partial charge in [-0.25, -0.2) is 8.42 Å². The summed E-state index contributed by atoms with van der Waals surface area (Å²) in [5.74, 6) is 0.700. The lowest BCUT2D eigenvalue weighted by Crippen LogP contribution is -2.49. The number of nitro groups is 1. The zero-order valence-corrected chi connectivity index (χ0v) is 14.4. The van der Waals surface area contributed by atoms with Crippen molar-refractivity contribution < 1.29 is 13.3 Å². The molecular formula is C15H17N5O4S. The Balaban J connectivity index is 1.81. The minimum absolute atomic E-state index is 0.0188. The average Bonchev–Trinajstić information content (AvgIpc) is 2.62. The third kappa shape index (κ3) is 3.44. The van der Waals surface area contributed by atoms with Gasteiger partial charge in [-0.3, -0.25) is 10.1 Å². The van der Waals surface area contributed by atoms with E-state index in [0.29, 0.717) is 24.5 Å². The van der Waals surface area contributed by atoms with Crippen LogP contribution in [-0.2, 0) is 10.0 Å². The van der Waals surface area contributed by atoms with Crippen molar-refractivity contribution >= 4 is 21.5 Å². The van der Waals surface area contributed by atoms with Gasteiger partial charge in [0.2, 0.25) is 10.0 Å². The smallest absolute Gasteiger partial charge is 0.270 e. The topological polar surface area (TPSA) is 110 Å². The first kappa shape index (κ1) is 17.2. The Bertz CT molecular complexity index is 880. The van der Waals surface area contributed by atoms with Crippen molar-refractivity contribution in [3.8, 4) is 0 Å². The van der Waals surface area contributed by atoms with Gasteiger partial charge in [-0.15, -0.1) is 5.10 Å². The van der Waals surface area contributed by atoms with E-state index < -0.39 is 14.9 Å². The molecule has 1 aromatic heterocycles. The molecule has 9 nitrogen and oxygen atoms in total. The number of anilines is 1. The highest BCUT2D eigenvalue weighted by Gasteiger charge is 2.31. The molecule has 0 atom stereocenters. The Morgan fingerprint density at radius 1 is 1.16 bits per heavy atom. The predicted molar refractivity (Wildman–Crippen MR) is 90.8 cm³/mol. The Labute approximate surface area is 145 Å². The molecular weight excluding hydrogens is 346 g/mol. The fourth-order valence-electron chi connectivity index (χ4n) is 2.74. The fraction of sp³-hybridized carbons (Fsp3) is 0.333. The number of piperazine rings is 1. The van der Waals surface area contributed by atoms with Gasteiger partial charge in [0.05, 0.1) is 9.82 Å². The number of benzene rings is 1. The first-order valence-electron chi connectivity index (χ1n) is 7.67. The number of aryl methyl sites for hydroxylation is 1. The highest BCUT2D eigenvalue weighted by molar-refractivity contribution is 7.89. The summed E-state index contributed by atoms with van der Waals surface area (Å²) in [7, 11) is -3.79. The standard InChI is InChI=1S/C15H17N5O4S/c1-12-4-5-13(20(21)22)11-14(12)25(23,24)19-9-7-18(8-10-19)15-3-2-6-16-17-15/h2-6,11H,7-10H2,1H3. The second-order valence-electron chi connectivity index (χ2n) is 5.68. The van der Waals surface area contributed by atoms with E-state index in [-0.39, 0.29) is 23.7 Å². The molecule has 2 heterocycles. The molecule has 3 rings (SSSR count). The molecule has 0 N–H and O–H groups in total. The van der Waals surface area contributed by atoms with Crippen LogP contribution in [-0.4, -0.2) is 54.0 Å². The quantitative estimate of drug-likeness (QED) is 0.593. The lowest BCUT2D eigenvalue weighted by Gasteiger charge is -2.34. The zero-order valence-electron chi connectivity index (χ0n) is 13.6. The highest BCUT2D eigenvalue weighted by Crippen LogP contribution is 2.26. The molecule has 0 saturated carbocycles. The summed E-state index contributed by atoms with van der Waals surface area (Å²) in [6.07, 6.45) is 1.58. The maximum absolute atomic E-state index is 12.9. The van der Waals surface area contributed by atoms with Crippen LogP contribution in [0.3, 0.4) is 0 Å². The number of non-ortho nitro benzene ring substituents is 1. The number of aromatic nitrogens is 2. The zero-order chi connectivity index (χ0) is 18.0. The largest absolute Gasteiger partial charge is 0.352 e. The van der Waals surface area contributed by atoms with Crippen LogP contribution in [0, 0.1) is 17.0 Å². The summed E-state index contributed by atoms with van der Waals surface area (Å²) in [5.41, 5.74) is 0.254. The highest BCUT2D eigenvalue weighted by atomic mass is 32.2. The first-order valence-corrected chi connectivity index (χ1v) is 9.11. The van der Waals surface area contributed by atoms with Gasteiger partial charge in [-0.2, -0.15) is 9.40 Å². The molecule has 0 amide bonds. The molecule has 0 spiro atoms. The Morgan fingerprint density at radius 3 is 2.48 bits per heavy atom. The molecule has 1 saturated heterocycles. The predicted octanol–water partition coefficient (Wildman–Crippen LogP) is 1.20. The van der Waals surface area contributed by atoms with Crippen LogP contribution in [0.25, 0.3) is 0 Å². The van der Waals surface area contributed by atoms with Crippen molar-refractivity contribution in [2.24, 2.45) is 0 Å². The molecule has 0 aliphatic carbocycles. The number of nitrogens with zero attached hydrogens (tertiary/aromatic N) is 5. The van der Waals surface area contributed by atoms with Crippen LogP contribution in [0.5, 0.6) is 0 Å². The number of hydrogen-bond acceptors (Lipinski definition) is 7. The molecule has 25 heavy (non-hydrogen) atoms. The molecule has 1 aliphatic heterocycles. The molecule has 132 valence electrons. The maximum atomic E-state index is 12.9. The van der Waals surface area contributed by atoms with E-state index in [9.17, 15) is 18.5 Å². The van der Waals surface area contributed by atoms with E-state index in [2.05, 4.69) is 10.2 Å². The van der Waals surface area contributed by atoms with Crippen molar-refractivity contribution in [3.63, 3.8) is 0 Å².